The molecular formula is C17H16ClN3O2Se. The van der Waals surface area contributed by atoms with Crippen LogP contribution in [0.25, 0.3) is 11.3 Å². The summed E-state index contributed by atoms with van der Waals surface area (Å²) in [4.78, 5) is 5.53. The molecule has 1 aromatic heterocycles. The summed E-state index contributed by atoms with van der Waals surface area (Å²) in [6, 6.07) is 15.3. The van der Waals surface area contributed by atoms with E-state index in [1.165, 1.54) is 12.7 Å². The number of aromatic nitrogens is 1. The number of ether oxygens (including phenoxy) is 1. The Morgan fingerprint density at radius 3 is 2.75 bits per heavy atom. The fourth-order valence-corrected chi connectivity index (χ4v) is 3.53. The molecule has 0 amide bonds. The van der Waals surface area contributed by atoms with Gasteiger partial charge in [-0.1, -0.05) is 0 Å². The Bertz CT molecular complexity index is 822. The molecule has 0 atom stereocenters. The van der Waals surface area contributed by atoms with Gasteiger partial charge in [-0.3, -0.25) is 0 Å². The first-order valence-corrected chi connectivity index (χ1v) is 8.83. The Hall–Kier alpha value is -2.27. The first-order chi connectivity index (χ1) is 11.3. The maximum absolute atomic E-state index is 9.57. The van der Waals surface area contributed by atoms with Gasteiger partial charge in [-0.05, 0) is 0 Å². The summed E-state index contributed by atoms with van der Waals surface area (Å²) in [7, 11) is 1.52. The SMILES string of the molecule is COc1cc(/C=N/Nc2[nH+]c(-c3ccccc3)c[se]2)ccc1O.[Cl-]. The molecule has 3 rings (SSSR count). The number of benzene rings is 2. The van der Waals surface area contributed by atoms with Gasteiger partial charge in [-0.2, -0.15) is 0 Å². The fraction of sp³-hybridized carbons (Fsp3) is 0.0588. The van der Waals surface area contributed by atoms with E-state index in [0.29, 0.717) is 5.75 Å². The van der Waals surface area contributed by atoms with Crippen LogP contribution in [-0.2, 0) is 0 Å². The molecule has 0 aliphatic carbocycles. The number of phenolic OH excluding ortho intramolecular Hbond substituents is 1. The smallest absolute Gasteiger partial charge is 1.00 e. The maximum Gasteiger partial charge on any atom is -1.00 e. The van der Waals surface area contributed by atoms with Gasteiger partial charge in [0, 0.05) is 0 Å². The van der Waals surface area contributed by atoms with Gasteiger partial charge in [-0.25, -0.2) is 0 Å². The Morgan fingerprint density at radius 2 is 2.00 bits per heavy atom. The van der Waals surface area contributed by atoms with Gasteiger partial charge in [0.15, 0.2) is 0 Å². The van der Waals surface area contributed by atoms with E-state index in [1.54, 1.807) is 24.4 Å². The monoisotopic (exact) mass is 409 g/mol. The van der Waals surface area contributed by atoms with Crippen molar-refractivity contribution < 1.29 is 27.2 Å². The number of halogens is 1. The minimum atomic E-state index is 0. The van der Waals surface area contributed by atoms with Crippen LogP contribution in [-0.4, -0.2) is 32.9 Å². The summed E-state index contributed by atoms with van der Waals surface area (Å²) < 4.78 is 6.06. The van der Waals surface area contributed by atoms with Crippen LogP contribution in [0.15, 0.2) is 58.6 Å². The zero-order valence-electron chi connectivity index (χ0n) is 12.9. The standard InChI is InChI=1S/C17H15N3O2Se.ClH/c1-22-16-9-12(7-8-15(16)21)10-18-20-17-19-14(11-23-17)13-5-3-2-4-6-13;/h2-11,21H,1H3,(H,19,20);1H/b18-10+;. The van der Waals surface area contributed by atoms with Crippen LogP contribution < -0.4 is 27.6 Å². The van der Waals surface area contributed by atoms with Crippen molar-refractivity contribution >= 4 is 25.4 Å². The quantitative estimate of drug-likeness (QED) is 0.336. The van der Waals surface area contributed by atoms with Crippen LogP contribution >= 0.6 is 0 Å². The van der Waals surface area contributed by atoms with E-state index >= 15 is 0 Å². The third-order valence-corrected chi connectivity index (χ3v) is 4.85. The molecule has 1 heterocycles. The van der Waals surface area contributed by atoms with E-state index in [-0.39, 0.29) is 32.7 Å². The molecule has 0 radical (unpaired) electrons. The summed E-state index contributed by atoms with van der Waals surface area (Å²) in [6.07, 6.45) is 1.69. The Labute approximate surface area is 152 Å². The van der Waals surface area contributed by atoms with Gasteiger partial charge in [0.2, 0.25) is 0 Å². The van der Waals surface area contributed by atoms with Gasteiger partial charge in [0.05, 0.1) is 0 Å². The number of nitrogens with zero attached hydrogens (tertiary/aromatic N) is 1. The number of nitrogens with one attached hydrogen (secondary N) is 2. The molecule has 7 heteroatoms. The average Bonchev–Trinajstić information content (AvgIpc) is 3.06. The molecular weight excluding hydrogens is 393 g/mol. The van der Waals surface area contributed by atoms with Gasteiger partial charge >= 0.3 is 140 Å². The number of hydrazone groups is 1. The van der Waals surface area contributed by atoms with Crippen LogP contribution in [0.1, 0.15) is 5.56 Å². The van der Waals surface area contributed by atoms with Crippen molar-refractivity contribution in [1.82, 2.24) is 0 Å². The van der Waals surface area contributed by atoms with E-state index in [4.69, 9.17) is 4.74 Å². The van der Waals surface area contributed by atoms with Crippen molar-refractivity contribution in [2.45, 2.75) is 0 Å². The number of phenols is 1. The Morgan fingerprint density at radius 1 is 1.21 bits per heavy atom. The summed E-state index contributed by atoms with van der Waals surface area (Å²) >= 11 is 0.204. The van der Waals surface area contributed by atoms with Gasteiger partial charge in [-0.15, -0.1) is 0 Å². The molecule has 0 bridgehead atoms. The topological polar surface area (TPSA) is 68.0 Å². The molecule has 2 aromatic carbocycles. The molecule has 0 fully saturated rings. The van der Waals surface area contributed by atoms with Crippen molar-refractivity contribution in [2.75, 3.05) is 12.5 Å². The summed E-state index contributed by atoms with van der Waals surface area (Å²) in [6.45, 7) is 0. The number of hydrogen-bond acceptors (Lipinski definition) is 4. The molecule has 3 aromatic rings. The minimum absolute atomic E-state index is 0. The van der Waals surface area contributed by atoms with Gasteiger partial charge in [0.1, 0.15) is 0 Å². The van der Waals surface area contributed by atoms with Crippen molar-refractivity contribution in [3.8, 4) is 22.8 Å². The molecule has 0 aliphatic rings. The van der Waals surface area contributed by atoms with E-state index in [9.17, 15) is 5.11 Å². The second kappa shape index (κ2) is 8.54. The van der Waals surface area contributed by atoms with Crippen LogP contribution in [0.5, 0.6) is 11.5 Å². The van der Waals surface area contributed by atoms with Crippen molar-refractivity contribution in [3.05, 3.63) is 59.0 Å². The number of aromatic hydroxyl groups is 1. The third kappa shape index (κ3) is 4.38. The van der Waals surface area contributed by atoms with E-state index < -0.39 is 0 Å². The second-order valence-corrected chi connectivity index (χ2v) is 6.62. The minimum Gasteiger partial charge on any atom is -1.00 e. The zero-order chi connectivity index (χ0) is 16.1. The molecule has 24 heavy (non-hydrogen) atoms. The number of rotatable bonds is 5. The molecule has 0 aliphatic heterocycles. The van der Waals surface area contributed by atoms with E-state index in [0.717, 1.165) is 15.9 Å². The average molecular weight is 409 g/mol. The van der Waals surface area contributed by atoms with Crippen molar-refractivity contribution in [3.63, 3.8) is 0 Å². The zero-order valence-corrected chi connectivity index (χ0v) is 15.3. The van der Waals surface area contributed by atoms with Gasteiger partial charge in [0.25, 0.3) is 0 Å². The molecule has 3 N–H and O–H groups in total. The predicted octanol–water partition coefficient (Wildman–Crippen LogP) is -0.611. The molecule has 0 unspecified atom stereocenters. The van der Waals surface area contributed by atoms with E-state index in [2.05, 4.69) is 32.6 Å². The number of anilines is 1. The van der Waals surface area contributed by atoms with Crippen molar-refractivity contribution in [2.24, 2.45) is 5.10 Å². The number of H-pyrrole nitrogens is 1. The number of methoxy groups -OCH3 is 1. The molecule has 0 saturated carbocycles. The fourth-order valence-electron chi connectivity index (χ4n) is 2.05. The molecule has 0 saturated heterocycles. The Balaban J connectivity index is 0.00000208. The number of hydrogen-bond donors (Lipinski definition) is 2. The normalized spacial score (nSPS) is 10.4. The van der Waals surface area contributed by atoms with Crippen LogP contribution in [0.4, 0.5) is 4.69 Å². The molecule has 124 valence electrons. The molecule has 5 nitrogen and oxygen atoms in total. The van der Waals surface area contributed by atoms with E-state index in [1.807, 2.05) is 18.2 Å². The molecule has 0 spiro atoms. The Kier molecular flexibility index (Phi) is 6.43. The van der Waals surface area contributed by atoms with Crippen molar-refractivity contribution in [1.29, 1.82) is 0 Å². The largest absolute Gasteiger partial charge is 1.00 e. The summed E-state index contributed by atoms with van der Waals surface area (Å²) in [5.41, 5.74) is 6.14. The first kappa shape index (κ1) is 18.1. The summed E-state index contributed by atoms with van der Waals surface area (Å²) in [5.74, 6) is 0.544. The van der Waals surface area contributed by atoms with Gasteiger partial charge < -0.3 is 12.4 Å². The first-order valence-electron chi connectivity index (χ1n) is 6.98. The third-order valence-electron chi connectivity index (χ3n) is 3.21. The van der Waals surface area contributed by atoms with Crippen LogP contribution in [0.3, 0.4) is 0 Å². The maximum atomic E-state index is 9.57. The number of aromatic amines is 1. The van der Waals surface area contributed by atoms with Crippen LogP contribution in [0, 0.1) is 0 Å². The predicted molar refractivity (Wildman–Crippen MR) is 91.2 cm³/mol. The summed E-state index contributed by atoms with van der Waals surface area (Å²) in [5, 5.41) is 13.8. The second-order valence-electron chi connectivity index (χ2n) is 4.77. The van der Waals surface area contributed by atoms with Crippen LogP contribution in [0.2, 0.25) is 0 Å².